The second-order valence-corrected chi connectivity index (χ2v) is 10.7. The number of aromatic nitrogens is 3. The Balaban J connectivity index is 1.58. The highest BCUT2D eigenvalue weighted by Crippen LogP contribution is 2.37. The van der Waals surface area contributed by atoms with E-state index < -0.39 is 17.2 Å². The van der Waals surface area contributed by atoms with Crippen molar-refractivity contribution in [1.82, 2.24) is 19.9 Å². The van der Waals surface area contributed by atoms with Gasteiger partial charge in [0.15, 0.2) is 5.82 Å². The average Bonchev–Trinajstić information content (AvgIpc) is 3.42. The molecule has 0 radical (unpaired) electrons. The molecule has 2 aromatic heterocycles. The number of fused-ring (bicyclic) bond motifs is 2. The summed E-state index contributed by atoms with van der Waals surface area (Å²) in [7, 11) is 3.22. The largest absolute Gasteiger partial charge is 0.467 e. The first kappa shape index (κ1) is 27.1. The Hall–Kier alpha value is -4.52. The minimum Gasteiger partial charge on any atom is -0.467 e. The number of nitrogens with zero attached hydrogens (tertiary/aromatic N) is 5. The first-order chi connectivity index (χ1) is 19.0. The van der Waals surface area contributed by atoms with Crippen molar-refractivity contribution in [2.24, 2.45) is 0 Å². The van der Waals surface area contributed by atoms with Crippen molar-refractivity contribution in [3.63, 3.8) is 0 Å². The molecule has 1 saturated heterocycles. The van der Waals surface area contributed by atoms with E-state index in [4.69, 9.17) is 15.9 Å². The highest BCUT2D eigenvalue weighted by atomic mass is 19.1. The third-order valence-corrected chi connectivity index (χ3v) is 6.92. The number of benzene rings is 2. The average molecular weight is 546 g/mol. The Morgan fingerprint density at radius 2 is 1.98 bits per heavy atom. The highest BCUT2D eigenvalue weighted by molar-refractivity contribution is 6.02. The summed E-state index contributed by atoms with van der Waals surface area (Å²) < 4.78 is 41.7. The molecule has 1 unspecified atom stereocenters. The molecule has 3 heterocycles. The standard InChI is InChI=1S/C30H29F2N5O3/c1-7-19-22(31)12-11-17-9-8-10-20(23(17)19)25-24(32)26-21(15-33-25)27(35-28(34-26)39-6)36(5)18-13-14-37(16-18)29(38)40-30(2,3)4/h1,8-12,15,18H,13-14,16H2,2-6H3. The molecule has 0 N–H and O–H groups in total. The molecule has 4 aromatic rings. The normalized spacial score (nSPS) is 15.3. The zero-order valence-electron chi connectivity index (χ0n) is 23.0. The van der Waals surface area contributed by atoms with Crippen LogP contribution in [0.25, 0.3) is 32.9 Å². The number of carbonyl (C=O) groups is 1. The number of likely N-dealkylation sites (tertiary alicyclic amines) is 1. The smallest absolute Gasteiger partial charge is 0.410 e. The van der Waals surface area contributed by atoms with Crippen molar-refractivity contribution in [2.75, 3.05) is 32.1 Å². The van der Waals surface area contributed by atoms with Crippen LogP contribution in [0.5, 0.6) is 6.01 Å². The second-order valence-electron chi connectivity index (χ2n) is 10.7. The molecule has 10 heteroatoms. The van der Waals surface area contributed by atoms with Crippen LogP contribution in [-0.2, 0) is 4.74 Å². The van der Waals surface area contributed by atoms with Gasteiger partial charge in [0.25, 0.3) is 0 Å². The van der Waals surface area contributed by atoms with Crippen molar-refractivity contribution in [1.29, 1.82) is 0 Å². The summed E-state index contributed by atoms with van der Waals surface area (Å²) in [5.41, 5.74) is -0.246. The molecule has 206 valence electrons. The summed E-state index contributed by atoms with van der Waals surface area (Å²) in [5.74, 6) is 1.51. The highest BCUT2D eigenvalue weighted by Gasteiger charge is 2.33. The van der Waals surface area contributed by atoms with Crippen molar-refractivity contribution in [3.05, 3.63) is 53.7 Å². The monoisotopic (exact) mass is 545 g/mol. The Bertz CT molecular complexity index is 1680. The van der Waals surface area contributed by atoms with Crippen LogP contribution in [0.2, 0.25) is 0 Å². The number of halogens is 2. The van der Waals surface area contributed by atoms with Gasteiger partial charge >= 0.3 is 12.1 Å². The summed E-state index contributed by atoms with van der Waals surface area (Å²) in [6, 6.07) is 7.90. The number of pyridine rings is 1. The number of hydrogen-bond acceptors (Lipinski definition) is 7. The van der Waals surface area contributed by atoms with Crippen LogP contribution in [-0.4, -0.2) is 64.8 Å². The van der Waals surface area contributed by atoms with Gasteiger partial charge in [-0.25, -0.2) is 13.6 Å². The quantitative estimate of drug-likeness (QED) is 0.311. The second kappa shape index (κ2) is 10.2. The first-order valence-corrected chi connectivity index (χ1v) is 12.8. The van der Waals surface area contributed by atoms with Gasteiger partial charge < -0.3 is 19.3 Å². The van der Waals surface area contributed by atoms with Crippen LogP contribution in [0.15, 0.2) is 36.5 Å². The predicted molar refractivity (Wildman–Crippen MR) is 149 cm³/mol. The molecular formula is C30H29F2N5O3. The maximum Gasteiger partial charge on any atom is 0.410 e. The summed E-state index contributed by atoms with van der Waals surface area (Å²) in [6.07, 6.45) is 7.39. The van der Waals surface area contributed by atoms with Gasteiger partial charge in [0, 0.05) is 43.3 Å². The van der Waals surface area contributed by atoms with E-state index in [1.807, 2.05) is 32.7 Å². The minimum absolute atomic E-state index is 0.00337. The lowest BCUT2D eigenvalue weighted by Crippen LogP contribution is -2.39. The summed E-state index contributed by atoms with van der Waals surface area (Å²) in [6.45, 7) is 6.38. The number of rotatable bonds is 4. The number of ether oxygens (including phenoxy) is 2. The van der Waals surface area contributed by atoms with E-state index in [1.165, 1.54) is 19.4 Å². The SMILES string of the molecule is C#Cc1c(F)ccc2cccc(-c3ncc4c(N(C)C5CCN(C(=O)OC(C)(C)C)C5)nc(OC)nc4c3F)c12. The van der Waals surface area contributed by atoms with Crippen molar-refractivity contribution < 1.29 is 23.0 Å². The van der Waals surface area contributed by atoms with Gasteiger partial charge in [0.1, 0.15) is 28.4 Å². The number of terminal acetylenes is 1. The Kier molecular flexibility index (Phi) is 6.92. The Labute approximate surface area is 230 Å². The third-order valence-electron chi connectivity index (χ3n) is 6.92. The lowest BCUT2D eigenvalue weighted by Gasteiger charge is -2.28. The minimum atomic E-state index is -0.714. The number of methoxy groups -OCH3 is 1. The van der Waals surface area contributed by atoms with Crippen molar-refractivity contribution in [2.45, 2.75) is 38.8 Å². The van der Waals surface area contributed by atoms with Crippen molar-refractivity contribution >= 4 is 33.6 Å². The number of amides is 1. The van der Waals surface area contributed by atoms with E-state index in [9.17, 15) is 9.18 Å². The predicted octanol–water partition coefficient (Wildman–Crippen LogP) is 5.56. The van der Waals surface area contributed by atoms with Crippen LogP contribution < -0.4 is 9.64 Å². The molecule has 2 aromatic carbocycles. The Morgan fingerprint density at radius 3 is 2.67 bits per heavy atom. The van der Waals surface area contributed by atoms with E-state index >= 15 is 4.39 Å². The Morgan fingerprint density at radius 1 is 1.20 bits per heavy atom. The molecule has 1 aliphatic rings. The van der Waals surface area contributed by atoms with Gasteiger partial charge in [-0.2, -0.15) is 9.97 Å². The van der Waals surface area contributed by atoms with Crippen molar-refractivity contribution in [3.8, 4) is 29.6 Å². The van der Waals surface area contributed by atoms with Crippen LogP contribution in [0.3, 0.4) is 0 Å². The van der Waals surface area contributed by atoms with Crippen LogP contribution in [0.4, 0.5) is 19.4 Å². The van der Waals surface area contributed by atoms with E-state index in [0.717, 1.165) is 0 Å². The maximum atomic E-state index is 16.2. The summed E-state index contributed by atoms with van der Waals surface area (Å²) >= 11 is 0. The molecule has 1 amide bonds. The molecule has 0 bridgehead atoms. The molecule has 1 aliphatic heterocycles. The molecule has 8 nitrogen and oxygen atoms in total. The lowest BCUT2D eigenvalue weighted by atomic mass is 9.96. The fourth-order valence-corrected chi connectivity index (χ4v) is 4.99. The zero-order chi connectivity index (χ0) is 28.8. The molecule has 5 rings (SSSR count). The van der Waals surface area contributed by atoms with Gasteiger partial charge in [0.2, 0.25) is 0 Å². The van der Waals surface area contributed by atoms with E-state index in [-0.39, 0.29) is 34.9 Å². The fourth-order valence-electron chi connectivity index (χ4n) is 4.99. The summed E-state index contributed by atoms with van der Waals surface area (Å²) in [5, 5.41) is 1.41. The van der Waals surface area contributed by atoms with Gasteiger partial charge in [0.05, 0.1) is 18.1 Å². The lowest BCUT2D eigenvalue weighted by molar-refractivity contribution is 0.0292. The third kappa shape index (κ3) is 4.83. The van der Waals surface area contributed by atoms with Gasteiger partial charge in [-0.15, -0.1) is 6.42 Å². The summed E-state index contributed by atoms with van der Waals surface area (Å²) in [4.78, 5) is 29.4. The van der Waals surface area contributed by atoms with Gasteiger partial charge in [-0.05, 0) is 38.6 Å². The van der Waals surface area contributed by atoms with E-state index in [0.29, 0.717) is 47.1 Å². The first-order valence-electron chi connectivity index (χ1n) is 12.8. The van der Waals surface area contributed by atoms with E-state index in [1.54, 1.807) is 29.2 Å². The van der Waals surface area contributed by atoms with Gasteiger partial charge in [-0.1, -0.05) is 30.2 Å². The molecule has 1 atom stereocenters. The molecule has 0 spiro atoms. The van der Waals surface area contributed by atoms with Gasteiger partial charge in [-0.3, -0.25) is 4.98 Å². The number of anilines is 1. The molecule has 0 saturated carbocycles. The molecule has 1 fully saturated rings. The topological polar surface area (TPSA) is 80.7 Å². The number of carbonyl (C=O) groups excluding carboxylic acids is 1. The van der Waals surface area contributed by atoms with E-state index in [2.05, 4.69) is 20.9 Å². The maximum absolute atomic E-state index is 16.2. The number of likely N-dealkylation sites (N-methyl/N-ethyl adjacent to an activating group) is 1. The van der Waals surface area contributed by atoms with Crippen LogP contribution in [0.1, 0.15) is 32.8 Å². The molecule has 0 aliphatic carbocycles. The number of hydrogen-bond donors (Lipinski definition) is 0. The molecular weight excluding hydrogens is 516 g/mol. The molecule has 40 heavy (non-hydrogen) atoms. The zero-order valence-corrected chi connectivity index (χ0v) is 23.0. The fraction of sp³-hybridized carbons (Fsp3) is 0.333. The van der Waals surface area contributed by atoms with Crippen LogP contribution in [0, 0.1) is 24.0 Å². The van der Waals surface area contributed by atoms with Crippen LogP contribution >= 0.6 is 0 Å².